The van der Waals surface area contributed by atoms with Crippen LogP contribution in [-0.2, 0) is 20.9 Å². The number of hydrogen-bond donors (Lipinski definition) is 1. The first-order valence-corrected chi connectivity index (χ1v) is 4.67. The highest BCUT2D eigenvalue weighted by atomic mass is 16.5. The second-order valence-corrected chi connectivity index (χ2v) is 3.06. The highest BCUT2D eigenvalue weighted by Gasteiger charge is 2.12. The number of aromatic nitrogens is 1. The molecule has 0 saturated carbocycles. The van der Waals surface area contributed by atoms with Gasteiger partial charge in [-0.2, -0.15) is 0 Å². The van der Waals surface area contributed by atoms with E-state index in [1.54, 1.807) is 19.4 Å². The first-order chi connectivity index (χ1) is 7.72. The van der Waals surface area contributed by atoms with E-state index < -0.39 is 5.97 Å². The van der Waals surface area contributed by atoms with E-state index in [1.165, 1.54) is 13.3 Å². The molecule has 0 aliphatic rings. The molecule has 0 unspecified atom stereocenters. The third-order valence-corrected chi connectivity index (χ3v) is 1.98. The maximum Gasteiger partial charge on any atom is 0.341 e. The fourth-order valence-electron chi connectivity index (χ4n) is 1.20. The molecule has 16 heavy (non-hydrogen) atoms. The molecule has 0 aliphatic heterocycles. The van der Waals surface area contributed by atoms with Crippen LogP contribution in [0.25, 0.3) is 5.57 Å². The van der Waals surface area contributed by atoms with Gasteiger partial charge in [-0.25, -0.2) is 4.79 Å². The van der Waals surface area contributed by atoms with Gasteiger partial charge < -0.3 is 15.2 Å². The van der Waals surface area contributed by atoms with Crippen molar-refractivity contribution >= 4 is 11.5 Å². The molecule has 1 aromatic heterocycles. The summed E-state index contributed by atoms with van der Waals surface area (Å²) in [5, 5.41) is 0. The van der Waals surface area contributed by atoms with Gasteiger partial charge in [-0.3, -0.25) is 4.98 Å². The van der Waals surface area contributed by atoms with Crippen LogP contribution in [0, 0.1) is 0 Å². The number of carbonyl (C=O) groups is 1. The topological polar surface area (TPSA) is 74.4 Å². The highest BCUT2D eigenvalue weighted by molar-refractivity contribution is 6.15. The van der Waals surface area contributed by atoms with E-state index in [2.05, 4.69) is 9.72 Å². The van der Waals surface area contributed by atoms with Gasteiger partial charge in [0.05, 0.1) is 19.4 Å². The summed E-state index contributed by atoms with van der Waals surface area (Å²) in [6.45, 7) is 0.479. The zero-order chi connectivity index (χ0) is 12.0. The number of esters is 1. The van der Waals surface area contributed by atoms with Crippen LogP contribution in [0.3, 0.4) is 0 Å². The Morgan fingerprint density at radius 3 is 2.69 bits per heavy atom. The number of ether oxygens (including phenoxy) is 2. The van der Waals surface area contributed by atoms with Crippen molar-refractivity contribution < 1.29 is 14.3 Å². The van der Waals surface area contributed by atoms with Gasteiger partial charge in [0.15, 0.2) is 0 Å². The summed E-state index contributed by atoms with van der Waals surface area (Å²) in [7, 11) is 2.90. The second kappa shape index (κ2) is 5.87. The number of carbonyl (C=O) groups excluding carboxylic acids is 1. The molecule has 0 amide bonds. The average molecular weight is 222 g/mol. The van der Waals surface area contributed by atoms with Gasteiger partial charge in [-0.05, 0) is 11.6 Å². The van der Waals surface area contributed by atoms with E-state index in [0.717, 1.165) is 5.56 Å². The molecule has 1 aromatic rings. The van der Waals surface area contributed by atoms with E-state index in [-0.39, 0.29) is 5.57 Å². The molecule has 1 rings (SSSR count). The lowest BCUT2D eigenvalue weighted by Gasteiger charge is -2.05. The number of hydrogen-bond acceptors (Lipinski definition) is 5. The molecule has 0 spiro atoms. The molecule has 0 saturated heterocycles. The Labute approximate surface area is 93.9 Å². The molecule has 1 heterocycles. The van der Waals surface area contributed by atoms with Crippen LogP contribution in [0.5, 0.6) is 0 Å². The van der Waals surface area contributed by atoms with Crippen molar-refractivity contribution in [2.24, 2.45) is 5.73 Å². The maximum atomic E-state index is 11.3. The highest BCUT2D eigenvalue weighted by Crippen LogP contribution is 2.12. The smallest absolute Gasteiger partial charge is 0.341 e. The molecule has 0 bridgehead atoms. The predicted molar refractivity (Wildman–Crippen MR) is 59.1 cm³/mol. The van der Waals surface area contributed by atoms with Gasteiger partial charge in [-0.1, -0.05) is 6.07 Å². The minimum atomic E-state index is -0.505. The molecule has 0 aromatic carbocycles. The third-order valence-electron chi connectivity index (χ3n) is 1.98. The Morgan fingerprint density at radius 1 is 1.50 bits per heavy atom. The van der Waals surface area contributed by atoms with Crippen molar-refractivity contribution in [3.05, 3.63) is 35.8 Å². The Balaban J connectivity index is 2.91. The maximum absolute atomic E-state index is 11.3. The summed E-state index contributed by atoms with van der Waals surface area (Å²) in [6, 6.07) is 3.52. The van der Waals surface area contributed by atoms with Crippen molar-refractivity contribution in [3.63, 3.8) is 0 Å². The molecule has 2 N–H and O–H groups in total. The molecule has 86 valence electrons. The third kappa shape index (κ3) is 2.80. The van der Waals surface area contributed by atoms with Crippen LogP contribution in [0.15, 0.2) is 24.5 Å². The SMILES string of the molecule is COCc1ccc(C(=CN)C(=O)OC)nc1. The summed E-state index contributed by atoms with van der Waals surface area (Å²) in [5.74, 6) is -0.505. The minimum absolute atomic E-state index is 0.242. The number of nitrogens with zero attached hydrogens (tertiary/aromatic N) is 1. The molecule has 5 nitrogen and oxygen atoms in total. The molecule has 5 heteroatoms. The fourth-order valence-corrected chi connectivity index (χ4v) is 1.20. The lowest BCUT2D eigenvalue weighted by molar-refractivity contribution is -0.133. The lowest BCUT2D eigenvalue weighted by Crippen LogP contribution is -2.07. The van der Waals surface area contributed by atoms with E-state index in [0.29, 0.717) is 12.3 Å². The Bertz CT molecular complexity index is 385. The average Bonchev–Trinajstić information content (AvgIpc) is 2.32. The predicted octanol–water partition coefficient (Wildman–Crippen LogP) is 0.701. The molecular formula is C11H14N2O3. The number of nitrogens with two attached hydrogens (primary N) is 1. The van der Waals surface area contributed by atoms with Crippen molar-refractivity contribution in [1.29, 1.82) is 0 Å². The van der Waals surface area contributed by atoms with Gasteiger partial charge in [0.2, 0.25) is 0 Å². The van der Waals surface area contributed by atoms with Gasteiger partial charge in [-0.15, -0.1) is 0 Å². The summed E-state index contributed by atoms with van der Waals surface area (Å²) < 4.78 is 9.54. The Kier molecular flexibility index (Phi) is 4.47. The van der Waals surface area contributed by atoms with E-state index in [4.69, 9.17) is 10.5 Å². The van der Waals surface area contributed by atoms with Crippen molar-refractivity contribution in [2.45, 2.75) is 6.61 Å². The van der Waals surface area contributed by atoms with Gasteiger partial charge in [0.25, 0.3) is 0 Å². The zero-order valence-corrected chi connectivity index (χ0v) is 9.27. The first kappa shape index (κ1) is 12.2. The molecule has 0 fully saturated rings. The Hall–Kier alpha value is -1.88. The molecular weight excluding hydrogens is 208 g/mol. The zero-order valence-electron chi connectivity index (χ0n) is 9.27. The van der Waals surface area contributed by atoms with Gasteiger partial charge in [0.1, 0.15) is 5.57 Å². The van der Waals surface area contributed by atoms with Crippen molar-refractivity contribution in [1.82, 2.24) is 4.98 Å². The second-order valence-electron chi connectivity index (χ2n) is 3.06. The van der Waals surface area contributed by atoms with Crippen molar-refractivity contribution in [3.8, 4) is 0 Å². The van der Waals surface area contributed by atoms with Crippen LogP contribution >= 0.6 is 0 Å². The summed E-state index contributed by atoms with van der Waals surface area (Å²) in [4.78, 5) is 15.4. The van der Waals surface area contributed by atoms with E-state index in [1.807, 2.05) is 6.07 Å². The standard InChI is InChI=1S/C11H14N2O3/c1-15-7-8-3-4-10(13-6-8)9(5-12)11(14)16-2/h3-6H,7,12H2,1-2H3. The van der Waals surface area contributed by atoms with Crippen LogP contribution < -0.4 is 5.73 Å². The normalized spacial score (nSPS) is 11.2. The van der Waals surface area contributed by atoms with E-state index in [9.17, 15) is 4.79 Å². The molecule has 0 aliphatic carbocycles. The fraction of sp³-hybridized carbons (Fsp3) is 0.273. The van der Waals surface area contributed by atoms with Crippen LogP contribution in [0.4, 0.5) is 0 Å². The number of methoxy groups -OCH3 is 2. The van der Waals surface area contributed by atoms with Gasteiger partial charge in [0, 0.05) is 19.5 Å². The molecule has 0 radical (unpaired) electrons. The molecule has 0 atom stereocenters. The summed E-state index contributed by atoms with van der Waals surface area (Å²) in [5.41, 5.74) is 7.00. The van der Waals surface area contributed by atoms with Crippen LogP contribution in [-0.4, -0.2) is 25.2 Å². The van der Waals surface area contributed by atoms with Crippen LogP contribution in [0.1, 0.15) is 11.3 Å². The van der Waals surface area contributed by atoms with E-state index >= 15 is 0 Å². The lowest BCUT2D eigenvalue weighted by atomic mass is 10.1. The van der Waals surface area contributed by atoms with Crippen molar-refractivity contribution in [2.75, 3.05) is 14.2 Å². The summed E-state index contributed by atoms with van der Waals surface area (Å²) >= 11 is 0. The largest absolute Gasteiger partial charge is 0.465 e. The monoisotopic (exact) mass is 222 g/mol. The number of pyridine rings is 1. The first-order valence-electron chi connectivity index (χ1n) is 4.67. The van der Waals surface area contributed by atoms with Gasteiger partial charge >= 0.3 is 5.97 Å². The minimum Gasteiger partial charge on any atom is -0.465 e. The Morgan fingerprint density at radius 2 is 2.25 bits per heavy atom. The number of rotatable bonds is 4. The summed E-state index contributed by atoms with van der Waals surface area (Å²) in [6.07, 6.45) is 2.81. The quantitative estimate of drug-likeness (QED) is 0.599. The van der Waals surface area contributed by atoms with Crippen LogP contribution in [0.2, 0.25) is 0 Å².